The lowest BCUT2D eigenvalue weighted by molar-refractivity contribution is 0.105. The third-order valence-corrected chi connectivity index (χ3v) is 1.70. The van der Waals surface area contributed by atoms with Crippen molar-refractivity contribution in [2.45, 2.75) is 0 Å². The van der Waals surface area contributed by atoms with Crippen molar-refractivity contribution in [3.05, 3.63) is 24.1 Å². The van der Waals surface area contributed by atoms with E-state index in [1.165, 1.54) is 18.2 Å². The summed E-state index contributed by atoms with van der Waals surface area (Å²) in [6, 6.07) is 4.35. The van der Waals surface area contributed by atoms with Gasteiger partial charge in [-0.15, -0.1) is 0 Å². The number of fused-ring (bicyclic) bond motifs is 1. The summed E-state index contributed by atoms with van der Waals surface area (Å²) in [6.07, 6.45) is 0. The van der Waals surface area contributed by atoms with Gasteiger partial charge in [0, 0.05) is 6.07 Å². The van der Waals surface area contributed by atoms with Crippen LogP contribution >= 0.6 is 11.6 Å². The van der Waals surface area contributed by atoms with Gasteiger partial charge >= 0.3 is 5.24 Å². The van der Waals surface area contributed by atoms with Crippen molar-refractivity contribution in [3.8, 4) is 5.75 Å². The molecular weight excluding hydrogens is 194 g/mol. The van der Waals surface area contributed by atoms with E-state index < -0.39 is 5.24 Å². The minimum Gasteiger partial charge on any atom is -0.508 e. The average Bonchev–Trinajstić information content (AvgIpc) is 2.46. The fraction of sp³-hybridized carbons (Fsp3) is 0. The van der Waals surface area contributed by atoms with Crippen LogP contribution in [0.2, 0.25) is 0 Å². The van der Waals surface area contributed by atoms with Gasteiger partial charge in [0.05, 0.1) is 0 Å². The Morgan fingerprint density at radius 1 is 1.54 bits per heavy atom. The summed E-state index contributed by atoms with van der Waals surface area (Å²) in [7, 11) is 0. The smallest absolute Gasteiger partial charge is 0.307 e. The minimum absolute atomic E-state index is 0.0642. The lowest BCUT2D eigenvalue weighted by Gasteiger charge is -1.86. The third kappa shape index (κ3) is 1.36. The molecule has 0 unspecified atom stereocenters. The lowest BCUT2D eigenvalue weighted by atomic mass is 10.3. The molecule has 0 saturated heterocycles. The largest absolute Gasteiger partial charge is 0.508 e. The minimum atomic E-state index is -0.754. The summed E-state index contributed by atoms with van der Waals surface area (Å²) >= 11 is 5.16. The molecule has 2 aromatic rings. The summed E-state index contributed by atoms with van der Waals surface area (Å²) < 4.78 is 4.98. The zero-order valence-electron chi connectivity index (χ0n) is 6.32. The Balaban J connectivity index is 2.68. The molecule has 0 bridgehead atoms. The molecule has 0 radical (unpaired) electrons. The van der Waals surface area contributed by atoms with Crippen molar-refractivity contribution in [1.82, 2.24) is 4.98 Å². The SMILES string of the molecule is O=C(Cl)c1nc2cc(O)ccc2o1. The summed E-state index contributed by atoms with van der Waals surface area (Å²) in [5.74, 6) is -0.100. The molecule has 0 aliphatic rings. The second-order valence-corrected chi connectivity index (χ2v) is 2.79. The van der Waals surface area contributed by atoms with Crippen LogP contribution in [0.15, 0.2) is 22.6 Å². The Morgan fingerprint density at radius 3 is 3.00 bits per heavy atom. The van der Waals surface area contributed by atoms with Crippen molar-refractivity contribution in [1.29, 1.82) is 0 Å². The number of phenols is 1. The van der Waals surface area contributed by atoms with Gasteiger partial charge < -0.3 is 9.52 Å². The Bertz CT molecular complexity index is 477. The molecule has 0 amide bonds. The molecule has 13 heavy (non-hydrogen) atoms. The van der Waals surface area contributed by atoms with Gasteiger partial charge in [0.2, 0.25) is 0 Å². The molecule has 1 N–H and O–H groups in total. The van der Waals surface area contributed by atoms with Crippen molar-refractivity contribution in [3.63, 3.8) is 0 Å². The molecular formula is C8H4ClNO3. The maximum absolute atomic E-state index is 10.6. The van der Waals surface area contributed by atoms with E-state index >= 15 is 0 Å². The van der Waals surface area contributed by atoms with Crippen LogP contribution in [0.25, 0.3) is 11.1 Å². The number of hydrogen-bond donors (Lipinski definition) is 1. The second-order valence-electron chi connectivity index (χ2n) is 2.44. The zero-order valence-corrected chi connectivity index (χ0v) is 7.08. The first-order valence-corrected chi connectivity index (χ1v) is 3.84. The molecule has 0 aliphatic carbocycles. The summed E-state index contributed by atoms with van der Waals surface area (Å²) in [5, 5.41) is 8.32. The molecule has 1 heterocycles. The molecule has 1 aromatic carbocycles. The quantitative estimate of drug-likeness (QED) is 0.710. The van der Waals surface area contributed by atoms with Gasteiger partial charge in [0.25, 0.3) is 5.89 Å². The van der Waals surface area contributed by atoms with E-state index in [0.717, 1.165) is 0 Å². The first-order valence-electron chi connectivity index (χ1n) is 3.46. The van der Waals surface area contributed by atoms with Crippen LogP contribution in [0.1, 0.15) is 10.7 Å². The van der Waals surface area contributed by atoms with Gasteiger partial charge in [-0.1, -0.05) is 0 Å². The lowest BCUT2D eigenvalue weighted by Crippen LogP contribution is -1.85. The highest BCUT2D eigenvalue weighted by Gasteiger charge is 2.11. The number of aromatic hydroxyl groups is 1. The summed E-state index contributed by atoms with van der Waals surface area (Å²) in [6.45, 7) is 0. The molecule has 0 spiro atoms. The van der Waals surface area contributed by atoms with Gasteiger partial charge in [-0.3, -0.25) is 4.79 Å². The van der Waals surface area contributed by atoms with E-state index in [-0.39, 0.29) is 11.6 Å². The average molecular weight is 198 g/mol. The van der Waals surface area contributed by atoms with Crippen LogP contribution in [-0.2, 0) is 0 Å². The van der Waals surface area contributed by atoms with E-state index in [4.69, 9.17) is 21.1 Å². The number of rotatable bonds is 1. The van der Waals surface area contributed by atoms with E-state index in [0.29, 0.717) is 11.1 Å². The molecule has 2 rings (SSSR count). The Kier molecular flexibility index (Phi) is 1.70. The van der Waals surface area contributed by atoms with Gasteiger partial charge in [0.15, 0.2) is 5.58 Å². The second kappa shape index (κ2) is 2.74. The molecule has 0 atom stereocenters. The fourth-order valence-electron chi connectivity index (χ4n) is 1.000. The van der Waals surface area contributed by atoms with Crippen LogP contribution in [0, 0.1) is 0 Å². The highest BCUT2D eigenvalue weighted by atomic mass is 35.5. The molecule has 66 valence electrons. The third-order valence-electron chi connectivity index (χ3n) is 1.54. The first-order chi connectivity index (χ1) is 6.16. The standard InChI is InChI=1S/C8H4ClNO3/c9-7(12)8-10-5-3-4(11)1-2-6(5)13-8/h1-3,11H. The summed E-state index contributed by atoms with van der Waals surface area (Å²) in [4.78, 5) is 14.4. The maximum atomic E-state index is 10.6. The number of phenolic OH excluding ortho intramolecular Hbond substituents is 1. The zero-order chi connectivity index (χ0) is 9.42. The normalized spacial score (nSPS) is 10.5. The van der Waals surface area contributed by atoms with Crippen molar-refractivity contribution in [2.75, 3.05) is 0 Å². The Morgan fingerprint density at radius 2 is 2.31 bits per heavy atom. The van der Waals surface area contributed by atoms with E-state index in [9.17, 15) is 4.79 Å². The number of aromatic nitrogens is 1. The maximum Gasteiger partial charge on any atom is 0.307 e. The fourth-order valence-corrected chi connectivity index (χ4v) is 1.08. The number of carbonyl (C=O) groups excluding carboxylic acids is 1. The van der Waals surface area contributed by atoms with Crippen molar-refractivity contribution in [2.24, 2.45) is 0 Å². The predicted molar refractivity (Wildman–Crippen MR) is 45.9 cm³/mol. The number of oxazole rings is 1. The van der Waals surface area contributed by atoms with Crippen molar-refractivity contribution < 1.29 is 14.3 Å². The van der Waals surface area contributed by atoms with Crippen LogP contribution in [0.5, 0.6) is 5.75 Å². The van der Waals surface area contributed by atoms with Crippen LogP contribution < -0.4 is 0 Å². The number of benzene rings is 1. The molecule has 5 heteroatoms. The van der Waals surface area contributed by atoms with Crippen LogP contribution in [0.3, 0.4) is 0 Å². The van der Waals surface area contributed by atoms with Gasteiger partial charge in [0.1, 0.15) is 11.3 Å². The number of hydrogen-bond acceptors (Lipinski definition) is 4. The molecule has 4 nitrogen and oxygen atoms in total. The predicted octanol–water partition coefficient (Wildman–Crippen LogP) is 1.91. The van der Waals surface area contributed by atoms with E-state index in [1.807, 2.05) is 0 Å². The molecule has 0 saturated carbocycles. The number of carbonyl (C=O) groups is 1. The van der Waals surface area contributed by atoms with Crippen LogP contribution in [0.4, 0.5) is 0 Å². The van der Waals surface area contributed by atoms with Crippen LogP contribution in [-0.4, -0.2) is 15.3 Å². The van der Waals surface area contributed by atoms with Gasteiger partial charge in [-0.2, -0.15) is 0 Å². The van der Waals surface area contributed by atoms with Gasteiger partial charge in [-0.05, 0) is 23.7 Å². The Hall–Kier alpha value is -1.55. The number of nitrogens with zero attached hydrogens (tertiary/aromatic N) is 1. The van der Waals surface area contributed by atoms with Gasteiger partial charge in [-0.25, -0.2) is 4.98 Å². The van der Waals surface area contributed by atoms with Crippen molar-refractivity contribution >= 4 is 27.9 Å². The summed E-state index contributed by atoms with van der Waals surface area (Å²) in [5.41, 5.74) is 0.825. The topological polar surface area (TPSA) is 63.3 Å². The highest BCUT2D eigenvalue weighted by molar-refractivity contribution is 6.67. The molecule has 1 aromatic heterocycles. The molecule has 0 aliphatic heterocycles. The Labute approximate surface area is 77.8 Å². The monoisotopic (exact) mass is 197 g/mol. The number of halogens is 1. The molecule has 0 fully saturated rings. The first kappa shape index (κ1) is 8.07. The van der Waals surface area contributed by atoms with E-state index in [2.05, 4.69) is 4.98 Å². The highest BCUT2D eigenvalue weighted by Crippen LogP contribution is 2.20. The van der Waals surface area contributed by atoms with E-state index in [1.54, 1.807) is 0 Å².